The van der Waals surface area contributed by atoms with Gasteiger partial charge in [-0.3, -0.25) is 0 Å². The third kappa shape index (κ3) is 4.50. The molecule has 2 aromatic heterocycles. The number of hydrogen-bond donors (Lipinski definition) is 2. The van der Waals surface area contributed by atoms with Crippen molar-refractivity contribution >= 4 is 16.9 Å². The second kappa shape index (κ2) is 8.80. The number of carbonyl (C=O) groups is 1. The van der Waals surface area contributed by atoms with Crippen LogP contribution in [0.3, 0.4) is 0 Å². The molecule has 0 aliphatic carbocycles. The lowest BCUT2D eigenvalue weighted by Crippen LogP contribution is -3.05. The van der Waals surface area contributed by atoms with Crippen molar-refractivity contribution in [2.24, 2.45) is 0 Å². The van der Waals surface area contributed by atoms with Gasteiger partial charge in [0.2, 0.25) is 5.88 Å². The van der Waals surface area contributed by atoms with Crippen LogP contribution in [0.5, 0.6) is 17.4 Å². The summed E-state index contributed by atoms with van der Waals surface area (Å²) >= 11 is 0. The number of carbonyl (C=O) groups excluding carboxylic acids is 1. The molecule has 0 saturated heterocycles. The summed E-state index contributed by atoms with van der Waals surface area (Å²) in [6, 6.07) is 18.4. The molecular weight excluding hydrogens is 378 g/mol. The number of nitrogens with one attached hydrogen (secondary N) is 2. The summed E-state index contributed by atoms with van der Waals surface area (Å²) in [7, 11) is 4.24. The molecule has 4 aromatic rings. The van der Waals surface area contributed by atoms with Crippen LogP contribution >= 0.6 is 0 Å². The molecule has 0 amide bonds. The van der Waals surface area contributed by atoms with E-state index in [0.29, 0.717) is 22.9 Å². The Labute approximate surface area is 175 Å². The van der Waals surface area contributed by atoms with Crippen molar-refractivity contribution in [3.8, 4) is 17.4 Å². The van der Waals surface area contributed by atoms with Gasteiger partial charge >= 0.3 is 5.97 Å². The second-order valence-electron chi connectivity index (χ2n) is 7.39. The van der Waals surface area contributed by atoms with Crippen LogP contribution < -0.4 is 14.4 Å². The van der Waals surface area contributed by atoms with Crippen molar-refractivity contribution in [3.63, 3.8) is 0 Å². The van der Waals surface area contributed by atoms with Gasteiger partial charge in [0.05, 0.1) is 26.2 Å². The molecule has 152 valence electrons. The predicted octanol–water partition coefficient (Wildman–Crippen LogP) is 3.26. The predicted molar refractivity (Wildman–Crippen MR) is 115 cm³/mol. The van der Waals surface area contributed by atoms with Crippen molar-refractivity contribution in [1.29, 1.82) is 0 Å². The third-order valence-electron chi connectivity index (χ3n) is 4.78. The zero-order valence-corrected chi connectivity index (χ0v) is 17.0. The molecule has 30 heavy (non-hydrogen) atoms. The van der Waals surface area contributed by atoms with Gasteiger partial charge in [-0.1, -0.05) is 24.3 Å². The van der Waals surface area contributed by atoms with E-state index in [1.165, 1.54) is 11.1 Å². The van der Waals surface area contributed by atoms with Crippen molar-refractivity contribution in [3.05, 3.63) is 84.2 Å². The number of para-hydroxylation sites is 1. The van der Waals surface area contributed by atoms with Gasteiger partial charge in [0, 0.05) is 35.8 Å². The standard InChI is InChI=1S/C24H23N3O3/c1-27(2)14-13-17-15-25-20-9-6-10-21(23(17)20)30-24(28)18-11-12-22(26-16-18)29-19-7-4-3-5-8-19/h3-12,15-16,25H,13-14H2,1-2H3/p+1. The van der Waals surface area contributed by atoms with Crippen LogP contribution in [0.2, 0.25) is 0 Å². The third-order valence-corrected chi connectivity index (χ3v) is 4.78. The maximum Gasteiger partial charge on any atom is 0.345 e. The van der Waals surface area contributed by atoms with Crippen LogP contribution in [-0.2, 0) is 6.42 Å². The fourth-order valence-corrected chi connectivity index (χ4v) is 3.22. The summed E-state index contributed by atoms with van der Waals surface area (Å²) in [6.07, 6.45) is 4.35. The number of hydrogen-bond acceptors (Lipinski definition) is 4. The highest BCUT2D eigenvalue weighted by Crippen LogP contribution is 2.29. The highest BCUT2D eigenvalue weighted by Gasteiger charge is 2.15. The molecule has 6 nitrogen and oxygen atoms in total. The van der Waals surface area contributed by atoms with Crippen molar-refractivity contribution in [2.75, 3.05) is 20.6 Å². The van der Waals surface area contributed by atoms with Crippen LogP contribution in [0.4, 0.5) is 0 Å². The lowest BCUT2D eigenvalue weighted by molar-refractivity contribution is -0.858. The number of aromatic amines is 1. The molecule has 2 heterocycles. The summed E-state index contributed by atoms with van der Waals surface area (Å²) < 4.78 is 11.4. The van der Waals surface area contributed by atoms with Crippen molar-refractivity contribution < 1.29 is 19.2 Å². The van der Waals surface area contributed by atoms with Gasteiger partial charge in [-0.05, 0) is 35.9 Å². The zero-order chi connectivity index (χ0) is 20.9. The lowest BCUT2D eigenvalue weighted by atomic mass is 10.1. The van der Waals surface area contributed by atoms with Gasteiger partial charge in [-0.25, -0.2) is 9.78 Å². The molecule has 0 saturated carbocycles. The molecule has 0 fully saturated rings. The van der Waals surface area contributed by atoms with Crippen LogP contribution in [0, 0.1) is 0 Å². The molecule has 2 N–H and O–H groups in total. The maximum absolute atomic E-state index is 12.7. The minimum Gasteiger partial charge on any atom is -0.439 e. The van der Waals surface area contributed by atoms with E-state index in [1.807, 2.05) is 54.7 Å². The van der Waals surface area contributed by atoms with Crippen LogP contribution in [0.1, 0.15) is 15.9 Å². The van der Waals surface area contributed by atoms with Crippen LogP contribution in [0.15, 0.2) is 73.1 Å². The molecule has 0 aliphatic rings. The van der Waals surface area contributed by atoms with E-state index < -0.39 is 5.97 Å². The van der Waals surface area contributed by atoms with Crippen molar-refractivity contribution in [1.82, 2.24) is 9.97 Å². The number of esters is 1. The molecule has 0 bridgehead atoms. The van der Waals surface area contributed by atoms with E-state index in [0.717, 1.165) is 29.4 Å². The Morgan fingerprint density at radius 1 is 1.03 bits per heavy atom. The Balaban J connectivity index is 1.51. The molecule has 0 atom stereocenters. The fourth-order valence-electron chi connectivity index (χ4n) is 3.22. The average Bonchev–Trinajstić information content (AvgIpc) is 3.18. The number of quaternary nitrogens is 1. The summed E-state index contributed by atoms with van der Waals surface area (Å²) in [5.74, 6) is 1.20. The number of rotatable bonds is 7. The number of ether oxygens (including phenoxy) is 2. The van der Waals surface area contributed by atoms with Gasteiger partial charge in [0.15, 0.2) is 0 Å². The highest BCUT2D eigenvalue weighted by atomic mass is 16.5. The number of fused-ring (bicyclic) bond motifs is 1. The number of pyridine rings is 1. The van der Waals surface area contributed by atoms with Gasteiger partial charge in [0.1, 0.15) is 11.5 Å². The first-order valence-electron chi connectivity index (χ1n) is 9.89. The normalized spacial score (nSPS) is 11.0. The van der Waals surface area contributed by atoms with Gasteiger partial charge in [-0.2, -0.15) is 0 Å². The molecular formula is C24H24N3O3+. The second-order valence-corrected chi connectivity index (χ2v) is 7.39. The average molecular weight is 402 g/mol. The first-order valence-corrected chi connectivity index (χ1v) is 9.89. The van der Waals surface area contributed by atoms with Gasteiger partial charge < -0.3 is 19.4 Å². The summed E-state index contributed by atoms with van der Waals surface area (Å²) in [5, 5.41) is 0.948. The Kier molecular flexibility index (Phi) is 5.77. The molecule has 0 spiro atoms. The van der Waals surface area contributed by atoms with E-state index in [-0.39, 0.29) is 0 Å². The Hall–Kier alpha value is -3.64. The summed E-state index contributed by atoms with van der Waals surface area (Å²) in [4.78, 5) is 21.6. The number of benzene rings is 2. The minimum absolute atomic E-state index is 0.363. The summed E-state index contributed by atoms with van der Waals surface area (Å²) in [6.45, 7) is 0.988. The van der Waals surface area contributed by atoms with E-state index in [2.05, 4.69) is 24.1 Å². The fraction of sp³-hybridized carbons (Fsp3) is 0.167. The Bertz CT molecular complexity index is 1140. The monoisotopic (exact) mass is 402 g/mol. The van der Waals surface area contributed by atoms with Crippen molar-refractivity contribution in [2.45, 2.75) is 6.42 Å². The zero-order valence-electron chi connectivity index (χ0n) is 17.0. The summed E-state index contributed by atoms with van der Waals surface area (Å²) in [5.41, 5.74) is 2.45. The minimum atomic E-state index is -0.452. The topological polar surface area (TPSA) is 68.7 Å². The van der Waals surface area contributed by atoms with Gasteiger partial charge in [0.25, 0.3) is 0 Å². The number of likely N-dealkylation sites (N-methyl/N-ethyl adjacent to an activating group) is 1. The molecule has 0 radical (unpaired) electrons. The smallest absolute Gasteiger partial charge is 0.345 e. The molecule has 0 aliphatic heterocycles. The highest BCUT2D eigenvalue weighted by molar-refractivity contribution is 5.95. The molecule has 6 heteroatoms. The number of nitrogens with zero attached hydrogens (tertiary/aromatic N) is 1. The Morgan fingerprint density at radius 3 is 2.60 bits per heavy atom. The largest absolute Gasteiger partial charge is 0.439 e. The van der Waals surface area contributed by atoms with Crippen LogP contribution in [0.25, 0.3) is 10.9 Å². The number of aromatic nitrogens is 2. The lowest BCUT2D eigenvalue weighted by Gasteiger charge is -2.09. The number of H-pyrrole nitrogens is 1. The SMILES string of the molecule is C[NH+](C)CCc1c[nH]c2cccc(OC(=O)c3ccc(Oc4ccccc4)nc3)c12. The van der Waals surface area contributed by atoms with E-state index in [9.17, 15) is 4.79 Å². The quantitative estimate of drug-likeness (QED) is 0.368. The van der Waals surface area contributed by atoms with E-state index in [1.54, 1.807) is 12.1 Å². The van der Waals surface area contributed by atoms with E-state index in [4.69, 9.17) is 9.47 Å². The van der Waals surface area contributed by atoms with Crippen LogP contribution in [-0.4, -0.2) is 36.6 Å². The molecule has 2 aromatic carbocycles. The van der Waals surface area contributed by atoms with E-state index >= 15 is 0 Å². The molecule has 0 unspecified atom stereocenters. The Morgan fingerprint density at radius 2 is 1.87 bits per heavy atom. The maximum atomic E-state index is 12.7. The first-order chi connectivity index (χ1) is 14.6. The van der Waals surface area contributed by atoms with Gasteiger partial charge in [-0.15, -0.1) is 0 Å². The molecule has 4 rings (SSSR count). The first kappa shape index (κ1) is 19.7.